The molecule has 2 aromatic carbocycles. The second-order valence-corrected chi connectivity index (χ2v) is 4.89. The van der Waals surface area contributed by atoms with E-state index in [0.717, 1.165) is 0 Å². The lowest BCUT2D eigenvalue weighted by molar-refractivity contribution is -0.690. The van der Waals surface area contributed by atoms with Crippen molar-refractivity contribution in [3.63, 3.8) is 0 Å². The number of carbonyl (C=O) groups is 1. The number of benzene rings is 2. The normalized spacial score (nSPS) is 9.82. The number of ketones is 1. The van der Waals surface area contributed by atoms with E-state index in [1.807, 2.05) is 77.5 Å². The van der Waals surface area contributed by atoms with Crippen LogP contribution in [0.1, 0.15) is 21.6 Å². The fraction of sp³-hybridized carbons (Fsp3) is 0.0526. The van der Waals surface area contributed by atoms with E-state index < -0.39 is 0 Å². The average Bonchev–Trinajstić information content (AvgIpc) is 2.56. The third kappa shape index (κ3) is 3.68. The number of halogens is 1. The number of rotatable bonds is 4. The van der Waals surface area contributed by atoms with E-state index in [0.29, 0.717) is 17.8 Å². The molecule has 0 saturated heterocycles. The predicted octanol–water partition coefficient (Wildman–Crippen LogP) is 0.257. The molecule has 0 atom stereocenters. The summed E-state index contributed by atoms with van der Waals surface area (Å²) in [6.07, 6.45) is 1.95. The Kier molecular flexibility index (Phi) is 5.61. The van der Waals surface area contributed by atoms with Crippen molar-refractivity contribution in [2.45, 2.75) is 6.54 Å². The minimum atomic E-state index is 0. The van der Waals surface area contributed by atoms with Crippen molar-refractivity contribution in [2.24, 2.45) is 0 Å². The molecule has 0 aliphatic rings. The molecule has 22 heavy (non-hydrogen) atoms. The number of hydrogen-bond acceptors (Lipinski definition) is 1. The van der Waals surface area contributed by atoms with Crippen molar-refractivity contribution in [1.29, 1.82) is 0 Å². The van der Waals surface area contributed by atoms with E-state index in [9.17, 15) is 4.79 Å². The zero-order valence-corrected chi connectivity index (χ0v) is 13.6. The van der Waals surface area contributed by atoms with Crippen molar-refractivity contribution in [2.75, 3.05) is 0 Å². The Morgan fingerprint density at radius 2 is 1.36 bits per heavy atom. The summed E-state index contributed by atoms with van der Waals surface area (Å²) in [5.41, 5.74) is 2.59. The van der Waals surface area contributed by atoms with Crippen molar-refractivity contribution in [3.8, 4) is 0 Å². The van der Waals surface area contributed by atoms with Gasteiger partial charge in [-0.1, -0.05) is 60.7 Å². The Morgan fingerprint density at radius 1 is 0.773 bits per heavy atom. The molecule has 3 aromatic rings. The average molecular weight is 354 g/mol. The Labute approximate surface area is 140 Å². The zero-order valence-electron chi connectivity index (χ0n) is 12.0. The molecule has 0 unspecified atom stereocenters. The largest absolute Gasteiger partial charge is 1.00 e. The lowest BCUT2D eigenvalue weighted by Gasteiger charge is -2.03. The van der Waals surface area contributed by atoms with Crippen LogP contribution in [0.4, 0.5) is 0 Å². The van der Waals surface area contributed by atoms with Gasteiger partial charge in [0.05, 0.1) is 0 Å². The molecule has 0 aliphatic heterocycles. The van der Waals surface area contributed by atoms with Crippen LogP contribution in [0.2, 0.25) is 0 Å². The first kappa shape index (κ1) is 16.1. The molecular weight excluding hydrogens is 338 g/mol. The molecule has 0 fully saturated rings. The SMILES string of the molecule is O=C(c1ccccc1)c1cccc[n+]1Cc1ccccc1.[Br-]. The minimum Gasteiger partial charge on any atom is -1.00 e. The van der Waals surface area contributed by atoms with Crippen molar-refractivity contribution >= 4 is 5.78 Å². The standard InChI is InChI=1S/C19H16NO.BrH/c21-19(17-11-5-2-6-12-17)18-13-7-8-14-20(18)15-16-9-3-1-4-10-16;/h1-14H,15H2;1H/q+1;/p-1. The summed E-state index contributed by atoms with van der Waals surface area (Å²) < 4.78 is 1.99. The quantitative estimate of drug-likeness (QED) is 0.486. The van der Waals surface area contributed by atoms with Crippen LogP contribution >= 0.6 is 0 Å². The summed E-state index contributed by atoms with van der Waals surface area (Å²) in [5, 5.41) is 0. The number of carbonyl (C=O) groups excluding carboxylic acids is 1. The van der Waals surface area contributed by atoms with E-state index in [-0.39, 0.29) is 22.8 Å². The highest BCUT2D eigenvalue weighted by Crippen LogP contribution is 2.07. The Hall–Kier alpha value is -2.26. The Morgan fingerprint density at radius 3 is 2.05 bits per heavy atom. The molecule has 3 heteroatoms. The van der Waals surface area contributed by atoms with Crippen LogP contribution in [-0.2, 0) is 6.54 Å². The molecule has 2 nitrogen and oxygen atoms in total. The van der Waals surface area contributed by atoms with Gasteiger partial charge < -0.3 is 17.0 Å². The maximum Gasteiger partial charge on any atom is 0.256 e. The van der Waals surface area contributed by atoms with E-state index >= 15 is 0 Å². The van der Waals surface area contributed by atoms with Gasteiger partial charge in [0.1, 0.15) is 0 Å². The molecule has 0 spiro atoms. The molecule has 0 amide bonds. The van der Waals surface area contributed by atoms with Crippen LogP contribution < -0.4 is 21.5 Å². The minimum absolute atomic E-state index is 0. The third-order valence-corrected chi connectivity index (χ3v) is 3.41. The van der Waals surface area contributed by atoms with Gasteiger partial charge in [0.15, 0.2) is 12.7 Å². The smallest absolute Gasteiger partial charge is 0.256 e. The highest BCUT2D eigenvalue weighted by Gasteiger charge is 2.19. The number of nitrogens with zero attached hydrogens (tertiary/aromatic N) is 1. The first-order valence-corrected chi connectivity index (χ1v) is 6.97. The second kappa shape index (κ2) is 7.66. The summed E-state index contributed by atoms with van der Waals surface area (Å²) in [4.78, 5) is 12.6. The van der Waals surface area contributed by atoms with E-state index in [1.54, 1.807) is 0 Å². The maximum absolute atomic E-state index is 12.6. The zero-order chi connectivity index (χ0) is 14.5. The molecule has 110 valence electrons. The summed E-state index contributed by atoms with van der Waals surface area (Å²) >= 11 is 0. The van der Waals surface area contributed by atoms with E-state index in [4.69, 9.17) is 0 Å². The molecule has 0 bridgehead atoms. The summed E-state index contributed by atoms with van der Waals surface area (Å²) in [6, 6.07) is 25.3. The van der Waals surface area contributed by atoms with Gasteiger partial charge in [-0.25, -0.2) is 0 Å². The fourth-order valence-electron chi connectivity index (χ4n) is 2.34. The van der Waals surface area contributed by atoms with Gasteiger partial charge in [0.25, 0.3) is 11.5 Å². The topological polar surface area (TPSA) is 20.9 Å². The third-order valence-electron chi connectivity index (χ3n) is 3.41. The Balaban J connectivity index is 0.00000176. The highest BCUT2D eigenvalue weighted by molar-refractivity contribution is 6.06. The number of hydrogen-bond donors (Lipinski definition) is 0. The lowest BCUT2D eigenvalue weighted by Crippen LogP contribution is -3.00. The highest BCUT2D eigenvalue weighted by atomic mass is 79.9. The molecule has 1 aromatic heterocycles. The van der Waals surface area contributed by atoms with Crippen molar-refractivity contribution in [3.05, 3.63) is 102 Å². The molecule has 0 radical (unpaired) electrons. The summed E-state index contributed by atoms with van der Waals surface area (Å²) in [6.45, 7) is 0.690. The van der Waals surface area contributed by atoms with Crippen LogP contribution in [-0.4, -0.2) is 5.78 Å². The van der Waals surface area contributed by atoms with Gasteiger partial charge >= 0.3 is 0 Å². The van der Waals surface area contributed by atoms with Crippen LogP contribution in [0.3, 0.4) is 0 Å². The molecule has 3 rings (SSSR count). The molecule has 0 N–H and O–H groups in total. The van der Waals surface area contributed by atoms with Crippen LogP contribution in [0.15, 0.2) is 85.1 Å². The second-order valence-electron chi connectivity index (χ2n) is 4.89. The van der Waals surface area contributed by atoms with Crippen LogP contribution in [0.25, 0.3) is 0 Å². The van der Waals surface area contributed by atoms with E-state index in [2.05, 4.69) is 12.1 Å². The Bertz CT molecular complexity index is 742. The molecule has 0 saturated carbocycles. The predicted molar refractivity (Wildman–Crippen MR) is 82.1 cm³/mol. The summed E-state index contributed by atoms with van der Waals surface area (Å²) in [7, 11) is 0. The van der Waals surface area contributed by atoms with Gasteiger partial charge in [-0.2, -0.15) is 4.57 Å². The van der Waals surface area contributed by atoms with Crippen molar-refractivity contribution in [1.82, 2.24) is 0 Å². The van der Waals surface area contributed by atoms with Gasteiger partial charge in [-0.15, -0.1) is 0 Å². The number of pyridine rings is 1. The molecule has 0 aliphatic carbocycles. The molecular formula is C19H16BrNO. The first-order chi connectivity index (χ1) is 10.3. The lowest BCUT2D eigenvalue weighted by atomic mass is 10.1. The van der Waals surface area contributed by atoms with Gasteiger partial charge in [-0.05, 0) is 6.07 Å². The number of aromatic nitrogens is 1. The fourth-order valence-corrected chi connectivity index (χ4v) is 2.34. The van der Waals surface area contributed by atoms with Gasteiger partial charge in [0, 0.05) is 23.3 Å². The monoisotopic (exact) mass is 353 g/mol. The van der Waals surface area contributed by atoms with Gasteiger partial charge in [0.2, 0.25) is 0 Å². The van der Waals surface area contributed by atoms with Crippen LogP contribution in [0.5, 0.6) is 0 Å². The molecule has 1 heterocycles. The van der Waals surface area contributed by atoms with Gasteiger partial charge in [-0.3, -0.25) is 4.79 Å². The van der Waals surface area contributed by atoms with Crippen LogP contribution in [0, 0.1) is 0 Å². The first-order valence-electron chi connectivity index (χ1n) is 6.97. The van der Waals surface area contributed by atoms with E-state index in [1.165, 1.54) is 5.56 Å². The maximum atomic E-state index is 12.6. The van der Waals surface area contributed by atoms with Crippen molar-refractivity contribution < 1.29 is 26.3 Å². The summed E-state index contributed by atoms with van der Waals surface area (Å²) in [5.74, 6) is 0.0483.